The van der Waals surface area contributed by atoms with Crippen LogP contribution in [0.15, 0.2) is 0 Å². The fourth-order valence-electron chi connectivity index (χ4n) is 3.10. The monoisotopic (exact) mass is 268 g/mol. The first-order valence-electron chi connectivity index (χ1n) is 6.83. The molecule has 2 rings (SSSR count). The predicted octanol–water partition coefficient (Wildman–Crippen LogP) is 0.368. The number of carboxylic acids is 1. The Morgan fingerprint density at radius 3 is 2.79 bits per heavy atom. The molecule has 2 N–H and O–H groups in total. The van der Waals surface area contributed by atoms with E-state index in [1.807, 2.05) is 6.92 Å². The van der Waals surface area contributed by atoms with Gasteiger partial charge in [-0.15, -0.1) is 0 Å². The number of carbonyl (C=O) groups is 3. The van der Waals surface area contributed by atoms with Gasteiger partial charge in [-0.1, -0.05) is 6.92 Å². The van der Waals surface area contributed by atoms with Crippen LogP contribution in [0.4, 0.5) is 0 Å². The summed E-state index contributed by atoms with van der Waals surface area (Å²) in [7, 11) is 0. The van der Waals surface area contributed by atoms with Crippen molar-refractivity contribution in [3.63, 3.8) is 0 Å². The quantitative estimate of drug-likeness (QED) is 0.774. The summed E-state index contributed by atoms with van der Waals surface area (Å²) in [5.74, 6) is -1.35. The van der Waals surface area contributed by atoms with Crippen LogP contribution in [0, 0.1) is 5.92 Å². The summed E-state index contributed by atoms with van der Waals surface area (Å²) in [5, 5.41) is 12.1. The minimum atomic E-state index is -1.04. The number of carbonyl (C=O) groups excluding carboxylic acids is 2. The fraction of sp³-hybridized carbons (Fsp3) is 0.769. The Kier molecular flexibility index (Phi) is 3.78. The Morgan fingerprint density at radius 1 is 1.53 bits per heavy atom. The molecule has 0 aromatic rings. The van der Waals surface area contributed by atoms with Gasteiger partial charge in [0.25, 0.3) is 0 Å². The molecule has 0 saturated carbocycles. The van der Waals surface area contributed by atoms with E-state index >= 15 is 0 Å². The van der Waals surface area contributed by atoms with Gasteiger partial charge >= 0.3 is 5.97 Å². The number of piperidine rings is 1. The van der Waals surface area contributed by atoms with Crippen molar-refractivity contribution < 1.29 is 19.5 Å². The van der Waals surface area contributed by atoms with Gasteiger partial charge < -0.3 is 15.3 Å². The highest BCUT2D eigenvalue weighted by molar-refractivity contribution is 5.90. The number of nitrogens with one attached hydrogen (secondary N) is 1. The molecule has 2 aliphatic rings. The normalized spacial score (nSPS) is 31.1. The maximum Gasteiger partial charge on any atom is 0.329 e. The van der Waals surface area contributed by atoms with Crippen LogP contribution in [0.5, 0.6) is 0 Å². The number of amides is 2. The van der Waals surface area contributed by atoms with Crippen LogP contribution < -0.4 is 5.32 Å². The molecule has 2 atom stereocenters. The lowest BCUT2D eigenvalue weighted by molar-refractivity contribution is -0.159. The van der Waals surface area contributed by atoms with Gasteiger partial charge in [-0.3, -0.25) is 9.59 Å². The SMILES string of the molecule is CCC1(C(=O)O)CCCN1C(=O)C1CCC(=O)NC1. The Morgan fingerprint density at radius 2 is 2.26 bits per heavy atom. The molecule has 19 heavy (non-hydrogen) atoms. The maximum atomic E-state index is 12.5. The zero-order chi connectivity index (χ0) is 14.0. The fourth-order valence-corrected chi connectivity index (χ4v) is 3.10. The summed E-state index contributed by atoms with van der Waals surface area (Å²) >= 11 is 0. The largest absolute Gasteiger partial charge is 0.479 e. The van der Waals surface area contributed by atoms with Crippen molar-refractivity contribution >= 4 is 17.8 Å². The van der Waals surface area contributed by atoms with Crippen LogP contribution >= 0.6 is 0 Å². The Balaban J connectivity index is 2.13. The van der Waals surface area contributed by atoms with E-state index in [4.69, 9.17) is 0 Å². The van der Waals surface area contributed by atoms with E-state index in [-0.39, 0.29) is 17.7 Å². The minimum absolute atomic E-state index is 0.0366. The molecule has 2 amide bonds. The predicted molar refractivity (Wildman–Crippen MR) is 67.3 cm³/mol. The Bertz CT molecular complexity index is 399. The second kappa shape index (κ2) is 5.19. The van der Waals surface area contributed by atoms with Crippen molar-refractivity contribution in [1.29, 1.82) is 0 Å². The summed E-state index contributed by atoms with van der Waals surface area (Å²) in [6.07, 6.45) is 2.53. The summed E-state index contributed by atoms with van der Waals surface area (Å²) in [6.45, 7) is 2.64. The van der Waals surface area contributed by atoms with Gasteiger partial charge in [0.05, 0.1) is 5.92 Å². The number of nitrogens with zero attached hydrogens (tertiary/aromatic N) is 1. The third kappa shape index (κ3) is 2.31. The van der Waals surface area contributed by atoms with Gasteiger partial charge in [0.1, 0.15) is 5.54 Å². The van der Waals surface area contributed by atoms with E-state index in [0.717, 1.165) is 6.42 Å². The third-order valence-corrected chi connectivity index (χ3v) is 4.35. The van der Waals surface area contributed by atoms with Crippen molar-refractivity contribution in [2.45, 2.75) is 44.6 Å². The first kappa shape index (κ1) is 13.8. The zero-order valence-electron chi connectivity index (χ0n) is 11.1. The zero-order valence-corrected chi connectivity index (χ0v) is 11.1. The first-order chi connectivity index (χ1) is 9.01. The molecule has 2 aliphatic heterocycles. The summed E-state index contributed by atoms with van der Waals surface area (Å²) in [4.78, 5) is 36.7. The molecule has 2 unspecified atom stereocenters. The summed E-state index contributed by atoms with van der Waals surface area (Å²) in [5.41, 5.74) is -1.04. The van der Waals surface area contributed by atoms with Crippen molar-refractivity contribution in [3.8, 4) is 0 Å². The molecule has 2 heterocycles. The van der Waals surface area contributed by atoms with Crippen LogP contribution in [0.25, 0.3) is 0 Å². The van der Waals surface area contributed by atoms with Gasteiger partial charge in [0.15, 0.2) is 0 Å². The molecule has 0 radical (unpaired) electrons. The highest BCUT2D eigenvalue weighted by atomic mass is 16.4. The van der Waals surface area contributed by atoms with Crippen LogP contribution in [0.1, 0.15) is 39.0 Å². The van der Waals surface area contributed by atoms with E-state index in [1.54, 1.807) is 0 Å². The van der Waals surface area contributed by atoms with Gasteiger partial charge in [0.2, 0.25) is 11.8 Å². The van der Waals surface area contributed by atoms with E-state index in [9.17, 15) is 19.5 Å². The molecule has 6 heteroatoms. The molecule has 106 valence electrons. The molecule has 2 fully saturated rings. The van der Waals surface area contributed by atoms with E-state index in [2.05, 4.69) is 5.32 Å². The van der Waals surface area contributed by atoms with Gasteiger partial charge in [0, 0.05) is 19.5 Å². The van der Waals surface area contributed by atoms with Crippen molar-refractivity contribution in [1.82, 2.24) is 10.2 Å². The van der Waals surface area contributed by atoms with Crippen molar-refractivity contribution in [3.05, 3.63) is 0 Å². The molecule has 0 aromatic heterocycles. The highest BCUT2D eigenvalue weighted by Crippen LogP contribution is 2.34. The van der Waals surface area contributed by atoms with Crippen LogP contribution in [0.3, 0.4) is 0 Å². The topological polar surface area (TPSA) is 86.7 Å². The molecule has 0 aliphatic carbocycles. The lowest BCUT2D eigenvalue weighted by Crippen LogP contribution is -2.56. The Labute approximate surface area is 112 Å². The maximum absolute atomic E-state index is 12.5. The number of aliphatic carboxylic acids is 1. The average molecular weight is 268 g/mol. The van der Waals surface area contributed by atoms with Crippen LogP contribution in [0.2, 0.25) is 0 Å². The lowest BCUT2D eigenvalue weighted by Gasteiger charge is -2.37. The molecule has 6 nitrogen and oxygen atoms in total. The number of hydrogen-bond donors (Lipinski definition) is 2. The first-order valence-corrected chi connectivity index (χ1v) is 6.83. The third-order valence-electron chi connectivity index (χ3n) is 4.35. The second-order valence-electron chi connectivity index (χ2n) is 5.32. The highest BCUT2D eigenvalue weighted by Gasteiger charge is 2.49. The van der Waals surface area contributed by atoms with Crippen molar-refractivity contribution in [2.75, 3.05) is 13.1 Å². The summed E-state index contributed by atoms with van der Waals surface area (Å²) in [6, 6.07) is 0. The number of hydrogen-bond acceptors (Lipinski definition) is 3. The number of likely N-dealkylation sites (tertiary alicyclic amines) is 1. The Hall–Kier alpha value is -1.59. The number of carboxylic acid groups (broad SMARTS) is 1. The van der Waals surface area contributed by atoms with E-state index in [0.29, 0.717) is 38.8 Å². The molecule has 0 aromatic carbocycles. The van der Waals surface area contributed by atoms with E-state index in [1.165, 1.54) is 4.90 Å². The van der Waals surface area contributed by atoms with Gasteiger partial charge in [-0.2, -0.15) is 0 Å². The standard InChI is InChI=1S/C13H20N2O4/c1-2-13(12(18)19)6-3-7-15(13)11(17)9-4-5-10(16)14-8-9/h9H,2-8H2,1H3,(H,14,16)(H,18,19). The van der Waals surface area contributed by atoms with Crippen molar-refractivity contribution in [2.24, 2.45) is 5.92 Å². The van der Waals surface area contributed by atoms with Crippen LogP contribution in [-0.4, -0.2) is 46.4 Å². The molecule has 0 spiro atoms. The second-order valence-corrected chi connectivity index (χ2v) is 5.32. The molecule has 2 saturated heterocycles. The van der Waals surface area contributed by atoms with Gasteiger partial charge in [-0.05, 0) is 25.7 Å². The number of rotatable bonds is 3. The van der Waals surface area contributed by atoms with Gasteiger partial charge in [-0.25, -0.2) is 4.79 Å². The average Bonchev–Trinajstić information content (AvgIpc) is 2.83. The van der Waals surface area contributed by atoms with E-state index < -0.39 is 11.5 Å². The molecular weight excluding hydrogens is 248 g/mol. The summed E-state index contributed by atoms with van der Waals surface area (Å²) < 4.78 is 0. The molecular formula is C13H20N2O4. The minimum Gasteiger partial charge on any atom is -0.479 e. The van der Waals surface area contributed by atoms with Crippen LogP contribution in [-0.2, 0) is 14.4 Å². The lowest BCUT2D eigenvalue weighted by atomic mass is 9.90. The molecule has 0 bridgehead atoms. The smallest absolute Gasteiger partial charge is 0.329 e.